The van der Waals surface area contributed by atoms with Crippen LogP contribution in [-0.2, 0) is 6.54 Å². The van der Waals surface area contributed by atoms with Gasteiger partial charge in [0.05, 0.1) is 0 Å². The molecule has 2 heterocycles. The third-order valence-electron chi connectivity index (χ3n) is 5.92. The van der Waals surface area contributed by atoms with Gasteiger partial charge in [0.15, 0.2) is 0 Å². The number of likely N-dealkylation sites (tertiary alicyclic amines) is 1. The van der Waals surface area contributed by atoms with E-state index in [0.29, 0.717) is 29.9 Å². The Morgan fingerprint density at radius 2 is 1.88 bits per heavy atom. The number of allylic oxidation sites excluding steroid dienone is 1. The Balaban J connectivity index is 1.48. The van der Waals surface area contributed by atoms with Gasteiger partial charge in [-0.2, -0.15) is 0 Å². The SMILES string of the molecule is O=c1[nH]cccc1CN1CC2CCCC(C1)C2C=Cc1ccccc1F. The number of pyridine rings is 1. The lowest BCUT2D eigenvalue weighted by atomic mass is 9.68. The number of fused-ring (bicyclic) bond motifs is 2. The number of aromatic nitrogens is 1. The molecule has 26 heavy (non-hydrogen) atoms. The van der Waals surface area contributed by atoms with Crippen LogP contribution in [-0.4, -0.2) is 23.0 Å². The minimum atomic E-state index is -0.158. The number of aromatic amines is 1. The highest BCUT2D eigenvalue weighted by molar-refractivity contribution is 5.50. The summed E-state index contributed by atoms with van der Waals surface area (Å²) < 4.78 is 13.9. The minimum Gasteiger partial charge on any atom is -0.329 e. The number of benzene rings is 1. The fraction of sp³-hybridized carbons (Fsp3) is 0.409. The van der Waals surface area contributed by atoms with E-state index in [-0.39, 0.29) is 11.4 Å². The summed E-state index contributed by atoms with van der Waals surface area (Å²) in [4.78, 5) is 17.2. The van der Waals surface area contributed by atoms with E-state index in [1.54, 1.807) is 12.3 Å². The number of nitrogens with zero attached hydrogens (tertiary/aromatic N) is 1. The maximum atomic E-state index is 13.9. The van der Waals surface area contributed by atoms with Crippen LogP contribution < -0.4 is 5.56 Å². The summed E-state index contributed by atoms with van der Waals surface area (Å²) in [6.07, 6.45) is 9.58. The van der Waals surface area contributed by atoms with Crippen LogP contribution in [0.1, 0.15) is 30.4 Å². The molecule has 2 aliphatic rings. The monoisotopic (exact) mass is 352 g/mol. The Morgan fingerprint density at radius 3 is 2.62 bits per heavy atom. The van der Waals surface area contributed by atoms with Crippen molar-refractivity contribution in [2.24, 2.45) is 17.8 Å². The lowest BCUT2D eigenvalue weighted by Gasteiger charge is -2.46. The standard InChI is InChI=1S/C22H25FN2O/c23-21-9-2-1-5-16(21)10-11-20-17-6-3-7-18(20)14-25(13-17)15-19-8-4-12-24-22(19)26/h1-2,4-5,8-12,17-18,20H,3,6-7,13-15H2,(H,24,26). The Hall–Kier alpha value is -2.20. The molecule has 1 aromatic heterocycles. The Labute approximate surface area is 153 Å². The first kappa shape index (κ1) is 17.2. The average molecular weight is 352 g/mol. The maximum absolute atomic E-state index is 13.9. The van der Waals surface area contributed by atoms with Crippen LogP contribution in [0, 0.1) is 23.6 Å². The second-order valence-electron chi connectivity index (χ2n) is 7.63. The van der Waals surface area contributed by atoms with E-state index in [0.717, 1.165) is 18.7 Å². The van der Waals surface area contributed by atoms with E-state index in [9.17, 15) is 9.18 Å². The molecule has 1 aliphatic carbocycles. The van der Waals surface area contributed by atoms with Crippen molar-refractivity contribution in [2.45, 2.75) is 25.8 Å². The Kier molecular flexibility index (Phi) is 5.02. The van der Waals surface area contributed by atoms with Crippen molar-refractivity contribution in [1.29, 1.82) is 0 Å². The van der Waals surface area contributed by atoms with Crippen molar-refractivity contribution in [2.75, 3.05) is 13.1 Å². The van der Waals surface area contributed by atoms with Crippen LogP contribution in [0.4, 0.5) is 4.39 Å². The molecule has 0 amide bonds. The van der Waals surface area contributed by atoms with Crippen molar-refractivity contribution in [3.8, 4) is 0 Å². The van der Waals surface area contributed by atoms with Gasteiger partial charge in [-0.3, -0.25) is 9.69 Å². The van der Waals surface area contributed by atoms with Gasteiger partial charge in [0.2, 0.25) is 0 Å². The van der Waals surface area contributed by atoms with Crippen LogP contribution in [0.3, 0.4) is 0 Å². The molecule has 1 N–H and O–H groups in total. The van der Waals surface area contributed by atoms with Gasteiger partial charge in [-0.05, 0) is 42.7 Å². The molecular weight excluding hydrogens is 327 g/mol. The molecule has 2 fully saturated rings. The van der Waals surface area contributed by atoms with Gasteiger partial charge in [0, 0.05) is 37.0 Å². The molecule has 2 unspecified atom stereocenters. The molecule has 3 nitrogen and oxygen atoms in total. The zero-order chi connectivity index (χ0) is 17.9. The molecule has 1 saturated heterocycles. The number of H-pyrrole nitrogens is 1. The first-order chi connectivity index (χ1) is 12.7. The molecule has 2 atom stereocenters. The smallest absolute Gasteiger partial charge is 0.252 e. The number of hydrogen-bond acceptors (Lipinski definition) is 2. The summed E-state index contributed by atoms with van der Waals surface area (Å²) in [7, 11) is 0. The van der Waals surface area contributed by atoms with Gasteiger partial charge in [-0.25, -0.2) is 4.39 Å². The first-order valence-electron chi connectivity index (χ1n) is 9.52. The fourth-order valence-corrected chi connectivity index (χ4v) is 4.67. The number of rotatable bonds is 4. The molecule has 1 aliphatic heterocycles. The van der Waals surface area contributed by atoms with Crippen molar-refractivity contribution in [3.63, 3.8) is 0 Å². The third-order valence-corrected chi connectivity index (χ3v) is 5.92. The summed E-state index contributed by atoms with van der Waals surface area (Å²) in [5, 5.41) is 0. The van der Waals surface area contributed by atoms with Gasteiger partial charge in [-0.15, -0.1) is 0 Å². The summed E-state index contributed by atoms with van der Waals surface area (Å²) in [6.45, 7) is 2.74. The van der Waals surface area contributed by atoms with Crippen LogP contribution in [0.2, 0.25) is 0 Å². The second-order valence-corrected chi connectivity index (χ2v) is 7.63. The predicted octanol–water partition coefficient (Wildman–Crippen LogP) is 4.08. The summed E-state index contributed by atoms with van der Waals surface area (Å²) in [5.41, 5.74) is 1.52. The van der Waals surface area contributed by atoms with E-state index >= 15 is 0 Å². The van der Waals surface area contributed by atoms with Crippen LogP contribution >= 0.6 is 0 Å². The molecule has 1 saturated carbocycles. The number of nitrogens with one attached hydrogen (secondary N) is 1. The highest BCUT2D eigenvalue weighted by Crippen LogP contribution is 2.41. The van der Waals surface area contributed by atoms with E-state index in [4.69, 9.17) is 0 Å². The normalized spacial score (nSPS) is 26.3. The molecule has 4 heteroatoms. The van der Waals surface area contributed by atoms with Gasteiger partial charge >= 0.3 is 0 Å². The van der Waals surface area contributed by atoms with Crippen molar-refractivity contribution in [1.82, 2.24) is 9.88 Å². The molecule has 2 aromatic rings. The lowest BCUT2D eigenvalue weighted by Crippen LogP contribution is -2.47. The quantitative estimate of drug-likeness (QED) is 0.900. The zero-order valence-corrected chi connectivity index (χ0v) is 14.9. The third kappa shape index (κ3) is 3.65. The first-order valence-corrected chi connectivity index (χ1v) is 9.52. The summed E-state index contributed by atoms with van der Waals surface area (Å²) in [6, 6.07) is 10.8. The highest BCUT2D eigenvalue weighted by Gasteiger charge is 2.37. The van der Waals surface area contributed by atoms with Crippen LogP contribution in [0.15, 0.2) is 53.5 Å². The molecule has 1 aromatic carbocycles. The molecule has 4 rings (SSSR count). The van der Waals surface area contributed by atoms with Crippen molar-refractivity contribution in [3.05, 3.63) is 76.0 Å². The summed E-state index contributed by atoms with van der Waals surface area (Å²) >= 11 is 0. The Morgan fingerprint density at radius 1 is 1.12 bits per heavy atom. The largest absolute Gasteiger partial charge is 0.329 e. The topological polar surface area (TPSA) is 36.1 Å². The lowest BCUT2D eigenvalue weighted by molar-refractivity contribution is 0.0419. The average Bonchev–Trinajstić information content (AvgIpc) is 2.63. The predicted molar refractivity (Wildman–Crippen MR) is 102 cm³/mol. The van der Waals surface area contributed by atoms with Gasteiger partial charge in [0.1, 0.15) is 5.82 Å². The number of halogens is 1. The zero-order valence-electron chi connectivity index (χ0n) is 14.9. The van der Waals surface area contributed by atoms with E-state index < -0.39 is 0 Å². The van der Waals surface area contributed by atoms with Crippen molar-refractivity contribution >= 4 is 6.08 Å². The van der Waals surface area contributed by atoms with Crippen molar-refractivity contribution < 1.29 is 4.39 Å². The van der Waals surface area contributed by atoms with Gasteiger partial charge in [-0.1, -0.05) is 42.8 Å². The van der Waals surface area contributed by atoms with E-state index in [1.807, 2.05) is 30.3 Å². The number of piperidine rings is 1. The highest BCUT2D eigenvalue weighted by atomic mass is 19.1. The van der Waals surface area contributed by atoms with Gasteiger partial charge < -0.3 is 4.98 Å². The Bertz CT molecular complexity index is 830. The second kappa shape index (κ2) is 7.58. The molecule has 0 radical (unpaired) electrons. The summed E-state index contributed by atoms with van der Waals surface area (Å²) in [5.74, 6) is 1.53. The molecule has 2 bridgehead atoms. The van der Waals surface area contributed by atoms with Crippen LogP contribution in [0.5, 0.6) is 0 Å². The van der Waals surface area contributed by atoms with Crippen LogP contribution in [0.25, 0.3) is 6.08 Å². The number of hydrogen-bond donors (Lipinski definition) is 1. The van der Waals surface area contributed by atoms with E-state index in [2.05, 4.69) is 16.0 Å². The molecular formula is C22H25FN2O. The molecule has 136 valence electrons. The molecule has 0 spiro atoms. The maximum Gasteiger partial charge on any atom is 0.252 e. The van der Waals surface area contributed by atoms with Gasteiger partial charge in [0.25, 0.3) is 5.56 Å². The minimum absolute atomic E-state index is 0.0132. The fourth-order valence-electron chi connectivity index (χ4n) is 4.67. The van der Waals surface area contributed by atoms with E-state index in [1.165, 1.54) is 25.3 Å².